The fourth-order valence-electron chi connectivity index (χ4n) is 7.29. The number of nitrogens with one attached hydrogen (secondary N) is 1. The number of carbonyl (C=O) groups is 1. The van der Waals surface area contributed by atoms with E-state index in [2.05, 4.69) is 138 Å². The molecule has 2 atom stereocenters. The summed E-state index contributed by atoms with van der Waals surface area (Å²) in [5.41, 5.74) is 7.11. The number of rotatable bonds is 16. The second-order valence-corrected chi connectivity index (χ2v) is 13.7. The molecule has 6 aromatic carbocycles. The SMILES string of the molecule is O=C(NCc1ccccc1)C1C(Cc2ccc(OCc3ccccc3)cc2)N=C(CC(c2ccccc2)c2ccccc2)N1CCCc1ccccc1. The molecule has 0 saturated carbocycles. The first-order valence-corrected chi connectivity index (χ1v) is 18.7. The maximum atomic E-state index is 14.5. The van der Waals surface area contributed by atoms with Gasteiger partial charge in [-0.2, -0.15) is 0 Å². The Balaban J connectivity index is 1.18. The molecule has 0 aliphatic carbocycles. The van der Waals surface area contributed by atoms with Crippen molar-refractivity contribution in [3.63, 3.8) is 0 Å². The number of nitrogens with zero attached hydrogens (tertiary/aromatic N) is 2. The molecule has 266 valence electrons. The molecular formula is C48H47N3O2. The predicted molar refractivity (Wildman–Crippen MR) is 215 cm³/mol. The van der Waals surface area contributed by atoms with E-state index in [1.807, 2.05) is 48.5 Å². The topological polar surface area (TPSA) is 53.9 Å². The molecule has 5 nitrogen and oxygen atoms in total. The van der Waals surface area contributed by atoms with Gasteiger partial charge in [-0.3, -0.25) is 9.79 Å². The Hall–Kier alpha value is -5.94. The highest BCUT2D eigenvalue weighted by Crippen LogP contribution is 2.33. The van der Waals surface area contributed by atoms with E-state index in [4.69, 9.17) is 9.73 Å². The monoisotopic (exact) mass is 697 g/mol. The average Bonchev–Trinajstić information content (AvgIpc) is 3.56. The number of aryl methyl sites for hydroxylation is 1. The van der Waals surface area contributed by atoms with Gasteiger partial charge in [0.1, 0.15) is 24.2 Å². The van der Waals surface area contributed by atoms with E-state index in [1.165, 1.54) is 16.7 Å². The van der Waals surface area contributed by atoms with Crippen LogP contribution in [0.25, 0.3) is 0 Å². The van der Waals surface area contributed by atoms with Crippen LogP contribution in [0.1, 0.15) is 52.1 Å². The van der Waals surface area contributed by atoms with Crippen LogP contribution in [0.3, 0.4) is 0 Å². The minimum absolute atomic E-state index is 0.0103. The van der Waals surface area contributed by atoms with Crippen molar-refractivity contribution in [1.29, 1.82) is 0 Å². The summed E-state index contributed by atoms with van der Waals surface area (Å²) in [4.78, 5) is 22.3. The first-order valence-electron chi connectivity index (χ1n) is 18.7. The minimum Gasteiger partial charge on any atom is -0.489 e. The van der Waals surface area contributed by atoms with Crippen molar-refractivity contribution in [3.05, 3.63) is 209 Å². The molecular weight excluding hydrogens is 651 g/mol. The Morgan fingerprint density at radius 2 is 1.15 bits per heavy atom. The lowest BCUT2D eigenvalue weighted by Gasteiger charge is -2.31. The summed E-state index contributed by atoms with van der Waals surface area (Å²) in [6.45, 7) is 1.72. The van der Waals surface area contributed by atoms with Crippen molar-refractivity contribution >= 4 is 11.7 Å². The molecule has 1 aliphatic rings. The van der Waals surface area contributed by atoms with Gasteiger partial charge in [-0.1, -0.05) is 164 Å². The van der Waals surface area contributed by atoms with Crippen LogP contribution in [0.4, 0.5) is 0 Å². The molecule has 0 saturated heterocycles. The normalized spacial score (nSPS) is 15.3. The number of aliphatic imine (C=N–C) groups is 1. The third kappa shape index (κ3) is 9.69. The first kappa shape index (κ1) is 35.5. The number of hydrogen-bond donors (Lipinski definition) is 1. The Bertz CT molecular complexity index is 1980. The molecule has 53 heavy (non-hydrogen) atoms. The third-order valence-electron chi connectivity index (χ3n) is 10.0. The van der Waals surface area contributed by atoms with Crippen molar-refractivity contribution < 1.29 is 9.53 Å². The Kier molecular flexibility index (Phi) is 12.1. The molecule has 0 radical (unpaired) electrons. The lowest BCUT2D eigenvalue weighted by molar-refractivity contribution is -0.125. The summed E-state index contributed by atoms with van der Waals surface area (Å²) >= 11 is 0. The summed E-state index contributed by atoms with van der Waals surface area (Å²) in [7, 11) is 0. The van der Waals surface area contributed by atoms with E-state index < -0.39 is 6.04 Å². The molecule has 0 aromatic heterocycles. The number of carbonyl (C=O) groups excluding carboxylic acids is 1. The van der Waals surface area contributed by atoms with Crippen LogP contribution in [-0.4, -0.2) is 35.3 Å². The lowest BCUT2D eigenvalue weighted by atomic mass is 9.88. The van der Waals surface area contributed by atoms with Crippen molar-refractivity contribution in [2.45, 2.75) is 56.8 Å². The van der Waals surface area contributed by atoms with Gasteiger partial charge in [-0.05, 0) is 64.8 Å². The zero-order valence-electron chi connectivity index (χ0n) is 30.1. The van der Waals surface area contributed by atoms with Crippen LogP contribution in [0.15, 0.2) is 181 Å². The standard InChI is InChI=1S/C48H47N3O2/c52-48(49-35-39-19-8-2-9-20-39)47-45(33-38-28-30-43(31-29-38)53-36-40-21-10-3-11-22-40)50-46(51(47)32-16-23-37-17-6-1-7-18-37)34-44(41-24-12-4-13-25-41)42-26-14-5-15-27-42/h1-15,17-22,24-31,44-45,47H,16,23,32-36H2,(H,49,52). The molecule has 0 fully saturated rings. The van der Waals surface area contributed by atoms with Gasteiger partial charge in [0.25, 0.3) is 0 Å². The highest BCUT2D eigenvalue weighted by molar-refractivity contribution is 5.94. The zero-order valence-corrected chi connectivity index (χ0v) is 30.1. The highest BCUT2D eigenvalue weighted by atomic mass is 16.5. The summed E-state index contributed by atoms with van der Waals surface area (Å²) in [6.07, 6.45) is 3.18. The first-order chi connectivity index (χ1) is 26.2. The zero-order chi connectivity index (χ0) is 36.1. The molecule has 7 rings (SSSR count). The quantitative estimate of drug-likeness (QED) is 0.110. The molecule has 1 N–H and O–H groups in total. The molecule has 0 bridgehead atoms. The van der Waals surface area contributed by atoms with Crippen LogP contribution in [0.2, 0.25) is 0 Å². The van der Waals surface area contributed by atoms with E-state index in [0.717, 1.165) is 47.7 Å². The number of hydrogen-bond acceptors (Lipinski definition) is 4. The number of benzene rings is 6. The maximum absolute atomic E-state index is 14.5. The van der Waals surface area contributed by atoms with Gasteiger partial charge < -0.3 is 15.0 Å². The highest BCUT2D eigenvalue weighted by Gasteiger charge is 2.41. The van der Waals surface area contributed by atoms with Crippen LogP contribution >= 0.6 is 0 Å². The molecule has 1 aliphatic heterocycles. The van der Waals surface area contributed by atoms with Gasteiger partial charge in [-0.15, -0.1) is 0 Å². The summed E-state index contributed by atoms with van der Waals surface area (Å²) in [6, 6.07) is 59.9. The van der Waals surface area contributed by atoms with Gasteiger partial charge >= 0.3 is 0 Å². The number of amides is 1. The minimum atomic E-state index is -0.439. The Morgan fingerprint density at radius 1 is 0.623 bits per heavy atom. The second-order valence-electron chi connectivity index (χ2n) is 13.7. The van der Waals surface area contributed by atoms with Crippen molar-refractivity contribution in [1.82, 2.24) is 10.2 Å². The fraction of sp³-hybridized carbons (Fsp3) is 0.208. The van der Waals surface area contributed by atoms with Crippen molar-refractivity contribution in [3.8, 4) is 5.75 Å². The van der Waals surface area contributed by atoms with E-state index >= 15 is 0 Å². The van der Waals surface area contributed by atoms with Crippen LogP contribution < -0.4 is 10.1 Å². The van der Waals surface area contributed by atoms with E-state index in [-0.39, 0.29) is 17.9 Å². The average molecular weight is 698 g/mol. The molecule has 1 amide bonds. The van der Waals surface area contributed by atoms with Crippen molar-refractivity contribution in [2.24, 2.45) is 4.99 Å². The third-order valence-corrected chi connectivity index (χ3v) is 10.0. The predicted octanol–water partition coefficient (Wildman–Crippen LogP) is 9.43. The number of amidine groups is 1. The smallest absolute Gasteiger partial charge is 0.245 e. The molecule has 2 unspecified atom stereocenters. The summed E-state index contributed by atoms with van der Waals surface area (Å²) < 4.78 is 6.09. The molecule has 5 heteroatoms. The van der Waals surface area contributed by atoms with Gasteiger partial charge in [-0.25, -0.2) is 0 Å². The second kappa shape index (κ2) is 18.0. The van der Waals surface area contributed by atoms with Crippen LogP contribution in [0.5, 0.6) is 5.75 Å². The largest absolute Gasteiger partial charge is 0.489 e. The fourth-order valence-corrected chi connectivity index (χ4v) is 7.29. The lowest BCUT2D eigenvalue weighted by Crippen LogP contribution is -2.51. The summed E-state index contributed by atoms with van der Waals surface area (Å²) in [5, 5.41) is 3.30. The molecule has 1 heterocycles. The summed E-state index contributed by atoms with van der Waals surface area (Å²) in [5.74, 6) is 1.92. The van der Waals surface area contributed by atoms with E-state index in [1.54, 1.807) is 0 Å². The van der Waals surface area contributed by atoms with Gasteiger partial charge in [0.05, 0.1) is 6.04 Å². The Morgan fingerprint density at radius 3 is 1.74 bits per heavy atom. The molecule has 6 aromatic rings. The number of ether oxygens (including phenoxy) is 1. The van der Waals surface area contributed by atoms with E-state index in [0.29, 0.717) is 26.0 Å². The maximum Gasteiger partial charge on any atom is 0.245 e. The van der Waals surface area contributed by atoms with Crippen molar-refractivity contribution in [2.75, 3.05) is 6.54 Å². The van der Waals surface area contributed by atoms with Gasteiger partial charge in [0.15, 0.2) is 0 Å². The van der Waals surface area contributed by atoms with Crippen LogP contribution in [0, 0.1) is 0 Å². The van der Waals surface area contributed by atoms with Crippen LogP contribution in [-0.2, 0) is 30.8 Å². The van der Waals surface area contributed by atoms with E-state index in [9.17, 15) is 4.79 Å². The Labute approximate surface area is 314 Å². The van der Waals surface area contributed by atoms with Gasteiger partial charge in [0, 0.05) is 25.4 Å². The van der Waals surface area contributed by atoms with Gasteiger partial charge in [0.2, 0.25) is 5.91 Å². The molecule has 0 spiro atoms.